The quantitative estimate of drug-likeness (QED) is 0.705. The van der Waals surface area contributed by atoms with Crippen LogP contribution in [0.4, 0.5) is 11.4 Å². The molecule has 0 aliphatic carbocycles. The van der Waals surface area contributed by atoms with Crippen molar-refractivity contribution < 1.29 is 9.53 Å². The van der Waals surface area contributed by atoms with Crippen molar-refractivity contribution >= 4 is 17.3 Å². The number of nitriles is 1. The average Bonchev–Trinajstić information content (AvgIpc) is 2.40. The van der Waals surface area contributed by atoms with Gasteiger partial charge in [0.05, 0.1) is 30.5 Å². The molecule has 6 heteroatoms. The van der Waals surface area contributed by atoms with Gasteiger partial charge in [0.2, 0.25) is 5.91 Å². The lowest BCUT2D eigenvalue weighted by Gasteiger charge is -2.25. The van der Waals surface area contributed by atoms with Crippen LogP contribution in [0.3, 0.4) is 0 Å². The first-order valence-corrected chi connectivity index (χ1v) is 5.90. The van der Waals surface area contributed by atoms with E-state index in [1.165, 1.54) is 0 Å². The van der Waals surface area contributed by atoms with E-state index < -0.39 is 5.91 Å². The van der Waals surface area contributed by atoms with Gasteiger partial charge < -0.3 is 21.1 Å². The molecule has 0 saturated carbocycles. The van der Waals surface area contributed by atoms with Crippen molar-refractivity contribution in [2.75, 3.05) is 37.4 Å². The molecule has 0 atom stereocenters. The third kappa shape index (κ3) is 4.16. The summed E-state index contributed by atoms with van der Waals surface area (Å²) in [4.78, 5) is 13.1. The average molecular weight is 262 g/mol. The molecule has 1 rings (SSSR count). The topological polar surface area (TPSA) is 105 Å². The Kier molecular flexibility index (Phi) is 5.64. The molecule has 0 aromatic heterocycles. The van der Waals surface area contributed by atoms with E-state index in [1.807, 2.05) is 4.90 Å². The smallest absolute Gasteiger partial charge is 0.248 e. The van der Waals surface area contributed by atoms with Crippen molar-refractivity contribution in [3.8, 4) is 6.07 Å². The number of carbonyl (C=O) groups excluding carboxylic acids is 1. The van der Waals surface area contributed by atoms with E-state index >= 15 is 0 Å². The molecule has 0 heterocycles. The SMILES string of the molecule is COCCN(CCC#N)c1cc(C(N)=O)ccc1N. The molecule has 0 fully saturated rings. The minimum Gasteiger partial charge on any atom is -0.397 e. The molecular weight excluding hydrogens is 244 g/mol. The van der Waals surface area contributed by atoms with Crippen LogP contribution in [0, 0.1) is 11.3 Å². The third-order valence-corrected chi connectivity index (χ3v) is 2.71. The lowest BCUT2D eigenvalue weighted by molar-refractivity contribution is 0.100. The van der Waals surface area contributed by atoms with E-state index in [4.69, 9.17) is 21.5 Å². The lowest BCUT2D eigenvalue weighted by Crippen LogP contribution is -2.29. The first-order chi connectivity index (χ1) is 9.10. The largest absolute Gasteiger partial charge is 0.397 e. The molecule has 0 unspecified atom stereocenters. The predicted octanol–water partition coefficient (Wildman–Crippen LogP) is 0.734. The Morgan fingerprint density at radius 2 is 2.21 bits per heavy atom. The van der Waals surface area contributed by atoms with E-state index in [9.17, 15) is 4.79 Å². The lowest BCUT2D eigenvalue weighted by atomic mass is 10.1. The molecule has 19 heavy (non-hydrogen) atoms. The fourth-order valence-corrected chi connectivity index (χ4v) is 1.71. The number of primary amides is 1. The number of nitrogen functional groups attached to an aromatic ring is 1. The maximum Gasteiger partial charge on any atom is 0.248 e. The summed E-state index contributed by atoms with van der Waals surface area (Å²) in [5.74, 6) is -0.506. The first-order valence-electron chi connectivity index (χ1n) is 5.90. The van der Waals surface area contributed by atoms with Crippen molar-refractivity contribution in [3.05, 3.63) is 23.8 Å². The molecule has 1 aromatic carbocycles. The number of amides is 1. The Bertz CT molecular complexity index is 482. The Morgan fingerprint density at radius 1 is 1.47 bits per heavy atom. The zero-order valence-corrected chi connectivity index (χ0v) is 10.9. The molecule has 6 nitrogen and oxygen atoms in total. The van der Waals surface area contributed by atoms with Gasteiger partial charge in [0.15, 0.2) is 0 Å². The highest BCUT2D eigenvalue weighted by atomic mass is 16.5. The van der Waals surface area contributed by atoms with Crippen LogP contribution in [0.1, 0.15) is 16.8 Å². The second kappa shape index (κ2) is 7.24. The Hall–Kier alpha value is -2.26. The number of carbonyl (C=O) groups is 1. The third-order valence-electron chi connectivity index (χ3n) is 2.71. The Morgan fingerprint density at radius 3 is 2.79 bits per heavy atom. The van der Waals surface area contributed by atoms with E-state index in [1.54, 1.807) is 25.3 Å². The zero-order valence-electron chi connectivity index (χ0n) is 10.9. The molecule has 102 valence electrons. The summed E-state index contributed by atoms with van der Waals surface area (Å²) < 4.78 is 5.03. The van der Waals surface area contributed by atoms with Crippen LogP contribution in [-0.2, 0) is 4.74 Å². The summed E-state index contributed by atoms with van der Waals surface area (Å²) in [5.41, 5.74) is 12.8. The minimum absolute atomic E-state index is 0.365. The van der Waals surface area contributed by atoms with Crippen molar-refractivity contribution in [1.82, 2.24) is 0 Å². The second-order valence-corrected chi connectivity index (χ2v) is 4.03. The van der Waals surface area contributed by atoms with Gasteiger partial charge in [0.25, 0.3) is 0 Å². The van der Waals surface area contributed by atoms with Gasteiger partial charge in [-0.05, 0) is 18.2 Å². The highest BCUT2D eigenvalue weighted by Crippen LogP contribution is 2.24. The van der Waals surface area contributed by atoms with Crippen LogP contribution < -0.4 is 16.4 Å². The molecular formula is C13H18N4O2. The molecule has 1 aromatic rings. The fraction of sp³-hybridized carbons (Fsp3) is 0.385. The van der Waals surface area contributed by atoms with Gasteiger partial charge in [-0.3, -0.25) is 4.79 Å². The number of hydrogen-bond donors (Lipinski definition) is 2. The fourth-order valence-electron chi connectivity index (χ4n) is 1.71. The molecule has 4 N–H and O–H groups in total. The van der Waals surface area contributed by atoms with Gasteiger partial charge in [-0.1, -0.05) is 0 Å². The number of hydrogen-bond acceptors (Lipinski definition) is 5. The highest BCUT2D eigenvalue weighted by Gasteiger charge is 2.12. The maximum atomic E-state index is 11.2. The van der Waals surface area contributed by atoms with Crippen LogP contribution >= 0.6 is 0 Å². The van der Waals surface area contributed by atoms with Gasteiger partial charge in [-0.25, -0.2) is 0 Å². The highest BCUT2D eigenvalue weighted by molar-refractivity contribution is 5.95. The zero-order chi connectivity index (χ0) is 14.3. The number of anilines is 2. The van der Waals surface area contributed by atoms with E-state index in [-0.39, 0.29) is 0 Å². The first kappa shape index (κ1) is 14.8. The summed E-state index contributed by atoms with van der Waals surface area (Å²) in [5, 5.41) is 8.69. The second-order valence-electron chi connectivity index (χ2n) is 4.03. The Labute approximate surface area is 112 Å². The van der Waals surface area contributed by atoms with Gasteiger partial charge >= 0.3 is 0 Å². The maximum absolute atomic E-state index is 11.2. The summed E-state index contributed by atoms with van der Waals surface area (Å²) in [6.07, 6.45) is 0.365. The molecule has 0 saturated heterocycles. The van der Waals surface area contributed by atoms with Crippen LogP contribution in [0.2, 0.25) is 0 Å². The summed E-state index contributed by atoms with van der Waals surface area (Å²) >= 11 is 0. The number of nitrogens with two attached hydrogens (primary N) is 2. The molecule has 1 amide bonds. The molecule has 0 spiro atoms. The summed E-state index contributed by atoms with van der Waals surface area (Å²) in [6.45, 7) is 1.61. The monoisotopic (exact) mass is 262 g/mol. The number of methoxy groups -OCH3 is 1. The van der Waals surface area contributed by atoms with Crippen LogP contribution in [0.25, 0.3) is 0 Å². The molecule has 0 aliphatic heterocycles. The van der Waals surface area contributed by atoms with Gasteiger partial charge in [-0.2, -0.15) is 5.26 Å². The Balaban J connectivity index is 3.01. The van der Waals surface area contributed by atoms with Crippen LogP contribution in [-0.4, -0.2) is 32.7 Å². The van der Waals surface area contributed by atoms with Crippen molar-refractivity contribution in [1.29, 1.82) is 5.26 Å². The number of nitrogens with zero attached hydrogens (tertiary/aromatic N) is 2. The molecule has 0 bridgehead atoms. The molecule has 0 aliphatic rings. The van der Waals surface area contributed by atoms with Gasteiger partial charge in [-0.15, -0.1) is 0 Å². The minimum atomic E-state index is -0.506. The van der Waals surface area contributed by atoms with Crippen LogP contribution in [0.5, 0.6) is 0 Å². The van der Waals surface area contributed by atoms with E-state index in [0.29, 0.717) is 43.1 Å². The standard InChI is InChI=1S/C13H18N4O2/c1-19-8-7-17(6-2-5-14)12-9-10(13(16)18)3-4-11(12)15/h3-4,9H,2,6-8,15H2,1H3,(H2,16,18). The van der Waals surface area contributed by atoms with Gasteiger partial charge in [0, 0.05) is 25.8 Å². The summed E-state index contributed by atoms with van der Waals surface area (Å²) in [6, 6.07) is 6.95. The predicted molar refractivity (Wildman–Crippen MR) is 73.7 cm³/mol. The van der Waals surface area contributed by atoms with E-state index in [0.717, 1.165) is 0 Å². The normalized spacial score (nSPS) is 9.89. The number of rotatable bonds is 7. The van der Waals surface area contributed by atoms with Crippen molar-refractivity contribution in [2.24, 2.45) is 5.73 Å². The van der Waals surface area contributed by atoms with E-state index in [2.05, 4.69) is 6.07 Å². The summed E-state index contributed by atoms with van der Waals surface area (Å²) in [7, 11) is 1.60. The van der Waals surface area contributed by atoms with Crippen molar-refractivity contribution in [3.63, 3.8) is 0 Å². The van der Waals surface area contributed by atoms with Crippen LogP contribution in [0.15, 0.2) is 18.2 Å². The van der Waals surface area contributed by atoms with Gasteiger partial charge in [0.1, 0.15) is 0 Å². The number of ether oxygens (including phenoxy) is 1. The number of benzene rings is 1. The van der Waals surface area contributed by atoms with Crippen molar-refractivity contribution in [2.45, 2.75) is 6.42 Å². The molecule has 0 radical (unpaired) electrons.